The summed E-state index contributed by atoms with van der Waals surface area (Å²) in [6.07, 6.45) is 1.79. The van der Waals surface area contributed by atoms with Crippen LogP contribution in [-0.4, -0.2) is 38.5 Å². The standard InChI is InChI=1S/C17H18Cl2N2O4S/c1-10-13-8-16(25-3)15(24-2)6-11(13)4-5-21(10)26(22,23)12-7-14(18)17(19)20-9-12/h6-10H,4-5H2,1-3H3/t10-/m0/s1. The zero-order valence-electron chi connectivity index (χ0n) is 14.5. The Kier molecular flexibility index (Phi) is 5.35. The molecule has 26 heavy (non-hydrogen) atoms. The van der Waals surface area contributed by atoms with E-state index < -0.39 is 10.0 Å². The molecule has 0 bridgehead atoms. The minimum atomic E-state index is -3.77. The van der Waals surface area contributed by atoms with Crippen molar-refractivity contribution in [1.29, 1.82) is 0 Å². The lowest BCUT2D eigenvalue weighted by molar-refractivity contribution is 0.319. The van der Waals surface area contributed by atoms with Crippen LogP contribution in [0.25, 0.3) is 0 Å². The van der Waals surface area contributed by atoms with Crippen LogP contribution in [0.2, 0.25) is 10.2 Å². The van der Waals surface area contributed by atoms with Gasteiger partial charge in [0.05, 0.1) is 19.2 Å². The number of methoxy groups -OCH3 is 2. The highest BCUT2D eigenvalue weighted by Gasteiger charge is 2.35. The Labute approximate surface area is 162 Å². The lowest BCUT2D eigenvalue weighted by Gasteiger charge is -2.34. The average Bonchev–Trinajstić information content (AvgIpc) is 2.62. The van der Waals surface area contributed by atoms with E-state index in [1.807, 2.05) is 19.1 Å². The van der Waals surface area contributed by atoms with E-state index in [4.69, 9.17) is 32.7 Å². The number of nitrogens with zero attached hydrogens (tertiary/aromatic N) is 2. The molecule has 0 saturated heterocycles. The van der Waals surface area contributed by atoms with Gasteiger partial charge in [0.1, 0.15) is 10.0 Å². The Morgan fingerprint density at radius 3 is 2.42 bits per heavy atom. The Bertz CT molecular complexity index is 950. The molecule has 2 aromatic rings. The van der Waals surface area contributed by atoms with Crippen LogP contribution in [0.5, 0.6) is 11.5 Å². The summed E-state index contributed by atoms with van der Waals surface area (Å²) in [5.74, 6) is 1.19. The van der Waals surface area contributed by atoms with Crippen molar-refractivity contribution in [2.24, 2.45) is 0 Å². The van der Waals surface area contributed by atoms with Gasteiger partial charge in [-0.25, -0.2) is 13.4 Å². The smallest absolute Gasteiger partial charge is 0.245 e. The summed E-state index contributed by atoms with van der Waals surface area (Å²) < 4.78 is 38.3. The molecule has 1 atom stereocenters. The second-order valence-corrected chi connectivity index (χ2v) is 8.55. The molecule has 9 heteroatoms. The van der Waals surface area contributed by atoms with Crippen molar-refractivity contribution in [3.63, 3.8) is 0 Å². The number of fused-ring (bicyclic) bond motifs is 1. The SMILES string of the molecule is COc1cc2c(cc1OC)[C@H](C)N(S(=O)(=O)c1cnc(Cl)c(Cl)c1)CC2. The van der Waals surface area contributed by atoms with E-state index in [1.54, 1.807) is 14.2 Å². The summed E-state index contributed by atoms with van der Waals surface area (Å²) in [6.45, 7) is 2.18. The molecule has 140 valence electrons. The van der Waals surface area contributed by atoms with Crippen molar-refractivity contribution >= 4 is 33.2 Å². The maximum atomic E-state index is 13.1. The molecule has 0 amide bonds. The Hall–Kier alpha value is -1.54. The third kappa shape index (κ3) is 3.24. The molecule has 0 aliphatic carbocycles. The maximum absolute atomic E-state index is 13.1. The lowest BCUT2D eigenvalue weighted by atomic mass is 9.94. The number of halogens is 2. The summed E-state index contributed by atoms with van der Waals surface area (Å²) in [6, 6.07) is 4.67. The van der Waals surface area contributed by atoms with E-state index in [9.17, 15) is 8.42 Å². The second kappa shape index (κ2) is 7.23. The van der Waals surface area contributed by atoms with Gasteiger partial charge in [-0.3, -0.25) is 0 Å². The topological polar surface area (TPSA) is 68.7 Å². The van der Waals surface area contributed by atoms with Gasteiger partial charge in [0, 0.05) is 18.8 Å². The first-order valence-corrected chi connectivity index (χ1v) is 10.1. The Morgan fingerprint density at radius 1 is 1.15 bits per heavy atom. The van der Waals surface area contributed by atoms with Crippen molar-refractivity contribution in [2.45, 2.75) is 24.3 Å². The molecule has 1 aromatic carbocycles. The van der Waals surface area contributed by atoms with Crippen molar-refractivity contribution in [3.05, 3.63) is 45.7 Å². The Morgan fingerprint density at radius 2 is 1.81 bits per heavy atom. The highest BCUT2D eigenvalue weighted by atomic mass is 35.5. The van der Waals surface area contributed by atoms with Crippen LogP contribution in [0.4, 0.5) is 0 Å². The lowest BCUT2D eigenvalue weighted by Crippen LogP contribution is -2.38. The first-order chi connectivity index (χ1) is 12.3. The zero-order chi connectivity index (χ0) is 19.1. The van der Waals surface area contributed by atoms with Gasteiger partial charge >= 0.3 is 0 Å². The molecule has 0 radical (unpaired) electrons. The predicted molar refractivity (Wildman–Crippen MR) is 99.8 cm³/mol. The van der Waals surface area contributed by atoms with Crippen LogP contribution in [0.3, 0.4) is 0 Å². The minimum absolute atomic E-state index is 0.0164. The number of pyridine rings is 1. The van der Waals surface area contributed by atoms with Gasteiger partial charge in [0.25, 0.3) is 0 Å². The summed E-state index contributed by atoms with van der Waals surface area (Å²) in [5.41, 5.74) is 1.92. The highest BCUT2D eigenvalue weighted by molar-refractivity contribution is 7.89. The van der Waals surface area contributed by atoms with E-state index in [0.29, 0.717) is 24.5 Å². The molecule has 0 saturated carbocycles. The fourth-order valence-corrected chi connectivity index (χ4v) is 5.05. The summed E-state index contributed by atoms with van der Waals surface area (Å²) in [7, 11) is -0.650. The largest absolute Gasteiger partial charge is 0.493 e. The van der Waals surface area contributed by atoms with Crippen LogP contribution >= 0.6 is 23.2 Å². The molecule has 0 spiro atoms. The third-order valence-corrected chi connectivity index (χ3v) is 7.13. The van der Waals surface area contributed by atoms with Crippen LogP contribution < -0.4 is 9.47 Å². The first kappa shape index (κ1) is 19.2. The average molecular weight is 417 g/mol. The fraction of sp³-hybridized carbons (Fsp3) is 0.353. The molecule has 6 nitrogen and oxygen atoms in total. The maximum Gasteiger partial charge on any atom is 0.245 e. The van der Waals surface area contributed by atoms with Gasteiger partial charge in [-0.05, 0) is 42.7 Å². The molecule has 2 heterocycles. The number of aromatic nitrogens is 1. The van der Waals surface area contributed by atoms with Gasteiger partial charge in [-0.1, -0.05) is 23.2 Å². The number of ether oxygens (including phenoxy) is 2. The van der Waals surface area contributed by atoms with Crippen molar-refractivity contribution < 1.29 is 17.9 Å². The van der Waals surface area contributed by atoms with Crippen LogP contribution in [0, 0.1) is 0 Å². The van der Waals surface area contributed by atoms with E-state index in [2.05, 4.69) is 4.98 Å². The molecule has 1 aromatic heterocycles. The summed E-state index contributed by atoms with van der Waals surface area (Å²) in [4.78, 5) is 3.87. The Balaban J connectivity index is 2.02. The number of benzene rings is 1. The number of sulfonamides is 1. The molecule has 3 rings (SSSR count). The fourth-order valence-electron chi connectivity index (χ4n) is 3.13. The number of hydrogen-bond donors (Lipinski definition) is 0. The highest BCUT2D eigenvalue weighted by Crippen LogP contribution is 2.40. The van der Waals surface area contributed by atoms with E-state index in [1.165, 1.54) is 16.6 Å². The quantitative estimate of drug-likeness (QED) is 0.710. The zero-order valence-corrected chi connectivity index (χ0v) is 16.8. The molecule has 0 fully saturated rings. The third-order valence-electron chi connectivity index (χ3n) is 4.51. The second-order valence-electron chi connectivity index (χ2n) is 5.89. The van der Waals surface area contributed by atoms with Crippen molar-refractivity contribution in [2.75, 3.05) is 20.8 Å². The van der Waals surface area contributed by atoms with Crippen LogP contribution in [-0.2, 0) is 16.4 Å². The van der Waals surface area contributed by atoms with Gasteiger partial charge in [-0.2, -0.15) is 4.31 Å². The summed E-state index contributed by atoms with van der Waals surface area (Å²) in [5, 5.41) is 0.170. The van der Waals surface area contributed by atoms with Gasteiger partial charge in [0.2, 0.25) is 10.0 Å². The first-order valence-electron chi connectivity index (χ1n) is 7.87. The van der Waals surface area contributed by atoms with Crippen LogP contribution in [0.1, 0.15) is 24.1 Å². The normalized spacial score (nSPS) is 17.7. The van der Waals surface area contributed by atoms with Crippen molar-refractivity contribution in [3.8, 4) is 11.5 Å². The van der Waals surface area contributed by atoms with Gasteiger partial charge in [0.15, 0.2) is 11.5 Å². The molecule has 1 aliphatic heterocycles. The van der Waals surface area contributed by atoms with Gasteiger partial charge in [-0.15, -0.1) is 0 Å². The van der Waals surface area contributed by atoms with E-state index in [-0.39, 0.29) is 21.1 Å². The van der Waals surface area contributed by atoms with E-state index >= 15 is 0 Å². The minimum Gasteiger partial charge on any atom is -0.493 e. The molecule has 1 aliphatic rings. The van der Waals surface area contributed by atoms with Crippen LogP contribution in [0.15, 0.2) is 29.3 Å². The monoisotopic (exact) mass is 416 g/mol. The summed E-state index contributed by atoms with van der Waals surface area (Å²) >= 11 is 11.7. The molecular weight excluding hydrogens is 399 g/mol. The van der Waals surface area contributed by atoms with Gasteiger partial charge < -0.3 is 9.47 Å². The number of hydrogen-bond acceptors (Lipinski definition) is 5. The van der Waals surface area contributed by atoms with E-state index in [0.717, 1.165) is 11.1 Å². The number of rotatable bonds is 4. The molecular formula is C17H18Cl2N2O4S. The van der Waals surface area contributed by atoms with Crippen molar-refractivity contribution in [1.82, 2.24) is 9.29 Å². The predicted octanol–water partition coefficient (Wildman–Crippen LogP) is 3.71. The molecule has 0 unspecified atom stereocenters. The molecule has 0 N–H and O–H groups in total.